The molecular formula is C66H69F3N12O8. The number of H-pyrrole nitrogens is 3. The molecule has 23 heteroatoms. The van der Waals surface area contributed by atoms with E-state index in [1.165, 1.54) is 72.8 Å². The van der Waals surface area contributed by atoms with Crippen LogP contribution in [0.5, 0.6) is 0 Å². The van der Waals surface area contributed by atoms with Gasteiger partial charge in [-0.2, -0.15) is 13.2 Å². The summed E-state index contributed by atoms with van der Waals surface area (Å²) in [4.78, 5) is 105. The molecule has 0 aliphatic heterocycles. The average Bonchev–Trinajstić information content (AvgIpc) is 2.03. The van der Waals surface area contributed by atoms with Crippen molar-refractivity contribution in [3.05, 3.63) is 198 Å². The van der Waals surface area contributed by atoms with Gasteiger partial charge in [0.1, 0.15) is 18.1 Å². The van der Waals surface area contributed by atoms with Crippen LogP contribution in [0.25, 0.3) is 32.7 Å². The molecule has 0 bridgehead atoms. The summed E-state index contributed by atoms with van der Waals surface area (Å²) in [5.41, 5.74) is 20.0. The predicted molar refractivity (Wildman–Crippen MR) is 334 cm³/mol. The van der Waals surface area contributed by atoms with Gasteiger partial charge in [-0.15, -0.1) is 0 Å². The lowest BCUT2D eigenvalue weighted by atomic mass is 9.79. The van der Waals surface area contributed by atoms with E-state index in [-0.39, 0.29) is 91.9 Å². The van der Waals surface area contributed by atoms with E-state index in [4.69, 9.17) is 21.9 Å². The van der Waals surface area contributed by atoms with Crippen LogP contribution in [0.1, 0.15) is 71.9 Å². The number of nitrogens with two attached hydrogens (primary N) is 3. The number of halogens is 3. The van der Waals surface area contributed by atoms with Crippen molar-refractivity contribution in [2.75, 3.05) is 35.6 Å². The zero-order chi connectivity index (χ0) is 63.1. The SMILES string of the molecule is NCCC[C@@H](NC(=O)Cc1c[nH]c2ccccc12)C(=O)Nc1ccc(C(OC(=O)C(F)(F)F)(c2ccc(NC(=O)[C@@H](CCCN)NC(=O)Cc3c[nH]c4ccccc34)cc2)c2ccc(NC(=O)[C@@H](CCCN)NC(=O)Cc3c[nH]c4ccccc34)cc2)cc1. The molecule has 3 atom stereocenters. The Morgan fingerprint density at radius 3 is 0.966 bits per heavy atom. The lowest BCUT2D eigenvalue weighted by Gasteiger charge is -2.36. The molecule has 0 unspecified atom stereocenters. The number of rotatable bonds is 28. The molecule has 20 nitrogen and oxygen atoms in total. The molecule has 6 aromatic carbocycles. The molecule has 89 heavy (non-hydrogen) atoms. The van der Waals surface area contributed by atoms with Gasteiger partial charge in [-0.05, 0) is 129 Å². The molecule has 462 valence electrons. The van der Waals surface area contributed by atoms with Crippen molar-refractivity contribution in [3.8, 4) is 0 Å². The topological polar surface area (TPSA) is 326 Å². The van der Waals surface area contributed by atoms with Crippen LogP contribution >= 0.6 is 0 Å². The molecule has 15 N–H and O–H groups in total. The number of hydrogen-bond acceptors (Lipinski definition) is 11. The normalized spacial score (nSPS) is 12.7. The van der Waals surface area contributed by atoms with Gasteiger partial charge in [0.15, 0.2) is 5.60 Å². The number of benzene rings is 6. The van der Waals surface area contributed by atoms with Crippen LogP contribution in [0.4, 0.5) is 30.2 Å². The number of hydrogen-bond donors (Lipinski definition) is 12. The fraction of sp³-hybridized carbons (Fsp3) is 0.258. The van der Waals surface area contributed by atoms with Crippen LogP contribution in [-0.2, 0) is 63.2 Å². The van der Waals surface area contributed by atoms with Gasteiger partial charge < -0.3 is 68.8 Å². The van der Waals surface area contributed by atoms with Crippen LogP contribution in [-0.4, -0.2) is 100 Å². The summed E-state index contributed by atoms with van der Waals surface area (Å²) < 4.78 is 49.8. The molecule has 0 fully saturated rings. The van der Waals surface area contributed by atoms with E-state index >= 15 is 0 Å². The van der Waals surface area contributed by atoms with Gasteiger partial charge >= 0.3 is 12.1 Å². The summed E-state index contributed by atoms with van der Waals surface area (Å²) in [5, 5.41) is 19.3. The molecule has 6 amide bonds. The monoisotopic (exact) mass is 1210 g/mol. The largest absolute Gasteiger partial charge is 0.490 e. The van der Waals surface area contributed by atoms with Gasteiger partial charge in [-0.3, -0.25) is 28.8 Å². The maximum absolute atomic E-state index is 14.7. The molecule has 0 saturated carbocycles. The highest BCUT2D eigenvalue weighted by molar-refractivity contribution is 6.00. The van der Waals surface area contributed by atoms with E-state index in [1.807, 2.05) is 72.8 Å². The van der Waals surface area contributed by atoms with Gasteiger partial charge in [0, 0.05) is 85.1 Å². The maximum Gasteiger partial charge on any atom is 0.490 e. The molecule has 3 aromatic heterocycles. The quantitative estimate of drug-likeness (QED) is 0.0166. The van der Waals surface area contributed by atoms with Crippen LogP contribution in [0.2, 0.25) is 0 Å². The van der Waals surface area contributed by atoms with Crippen molar-refractivity contribution >= 4 is 91.2 Å². The lowest BCUT2D eigenvalue weighted by Crippen LogP contribution is -2.44. The molecule has 0 aliphatic rings. The third-order valence-corrected chi connectivity index (χ3v) is 15.3. The number of aromatic nitrogens is 3. The fourth-order valence-electron chi connectivity index (χ4n) is 10.8. The molecule has 0 spiro atoms. The summed E-state index contributed by atoms with van der Waals surface area (Å²) in [7, 11) is 0. The summed E-state index contributed by atoms with van der Waals surface area (Å²) in [5.74, 6) is -5.69. The number of anilines is 3. The van der Waals surface area contributed by atoms with Crippen LogP contribution in [0, 0.1) is 0 Å². The van der Waals surface area contributed by atoms with Crippen molar-refractivity contribution in [2.45, 2.75) is 87.7 Å². The first-order valence-corrected chi connectivity index (χ1v) is 29.1. The van der Waals surface area contributed by atoms with Crippen molar-refractivity contribution in [2.24, 2.45) is 17.2 Å². The third kappa shape index (κ3) is 15.7. The number of para-hydroxylation sites is 3. The number of nitrogens with one attached hydrogen (secondary N) is 9. The Labute approximate surface area is 509 Å². The first kappa shape index (κ1) is 63.4. The van der Waals surface area contributed by atoms with Gasteiger partial charge in [0.05, 0.1) is 19.3 Å². The minimum Gasteiger partial charge on any atom is -0.438 e. The highest BCUT2D eigenvalue weighted by Gasteiger charge is 2.49. The van der Waals surface area contributed by atoms with Crippen LogP contribution in [0.3, 0.4) is 0 Å². The zero-order valence-electron chi connectivity index (χ0n) is 48.4. The summed E-state index contributed by atoms with van der Waals surface area (Å²) in [6, 6.07) is 35.7. The van der Waals surface area contributed by atoms with Crippen LogP contribution < -0.4 is 49.1 Å². The molecular weight excluding hydrogens is 1150 g/mol. The van der Waals surface area contributed by atoms with E-state index < -0.39 is 71.3 Å². The Balaban J connectivity index is 1.01. The van der Waals surface area contributed by atoms with E-state index in [2.05, 4.69) is 46.9 Å². The standard InChI is InChI=1S/C66H69F3N12O8/c67-66(68,69)64(88)89-65(43-19-25-46(26-20-43)76-61(85)55(16-7-31-70)79-58(82)34-40-37-73-52-13-4-1-10-49(40)52,44-21-27-47(28-22-44)77-62(86)56(17-8-32-71)80-59(83)35-41-38-74-53-14-5-2-11-50(41)53)45-23-29-48(30-24-45)78-63(87)57(18-9-33-72)81-60(84)36-42-39-75-54-15-6-3-12-51(42)54/h1-6,10-15,19-30,37-39,55-57,73-75H,7-9,16-18,31-36,70-72H2,(H,76,85)(H,77,86)(H,78,87)(H,79,82)(H,80,83)(H,81,84)/t55-,56-,57-/m1/s1. The molecule has 0 saturated heterocycles. The summed E-state index contributed by atoms with van der Waals surface area (Å²) in [6.45, 7) is 0.659. The Morgan fingerprint density at radius 1 is 0.416 bits per heavy atom. The Hall–Kier alpha value is -10.1. The number of carbonyl (C=O) groups is 7. The van der Waals surface area contributed by atoms with E-state index in [0.717, 1.165) is 49.4 Å². The van der Waals surface area contributed by atoms with Crippen LogP contribution in [0.15, 0.2) is 164 Å². The van der Waals surface area contributed by atoms with Crippen molar-refractivity contribution < 1.29 is 51.5 Å². The highest BCUT2D eigenvalue weighted by atomic mass is 19.4. The summed E-state index contributed by atoms with van der Waals surface area (Å²) in [6.07, 6.45) is 1.17. The van der Waals surface area contributed by atoms with E-state index in [1.54, 1.807) is 18.6 Å². The number of ether oxygens (including phenoxy) is 1. The van der Waals surface area contributed by atoms with E-state index in [0.29, 0.717) is 19.3 Å². The Kier molecular flexibility index (Phi) is 20.7. The van der Waals surface area contributed by atoms with Crippen molar-refractivity contribution in [1.29, 1.82) is 0 Å². The lowest BCUT2D eigenvalue weighted by molar-refractivity contribution is -0.209. The fourth-order valence-corrected chi connectivity index (χ4v) is 10.8. The van der Waals surface area contributed by atoms with Crippen molar-refractivity contribution in [1.82, 2.24) is 30.9 Å². The third-order valence-electron chi connectivity index (χ3n) is 15.3. The molecule has 9 aromatic rings. The number of esters is 1. The number of fused-ring (bicyclic) bond motifs is 3. The second-order valence-electron chi connectivity index (χ2n) is 21.5. The molecule has 0 aliphatic carbocycles. The second-order valence-corrected chi connectivity index (χ2v) is 21.5. The minimum absolute atomic E-state index is 0.0359. The maximum atomic E-state index is 14.7. The minimum atomic E-state index is -5.54. The van der Waals surface area contributed by atoms with Gasteiger partial charge in [-0.1, -0.05) is 91.0 Å². The highest BCUT2D eigenvalue weighted by Crippen LogP contribution is 2.43. The molecule has 9 rings (SSSR count). The molecule has 0 radical (unpaired) electrons. The Morgan fingerprint density at radius 2 is 0.697 bits per heavy atom. The number of aromatic amines is 3. The van der Waals surface area contributed by atoms with Gasteiger partial charge in [-0.25, -0.2) is 4.79 Å². The number of carbonyl (C=O) groups excluding carboxylic acids is 7. The smallest absolute Gasteiger partial charge is 0.438 e. The number of amides is 6. The van der Waals surface area contributed by atoms with Crippen molar-refractivity contribution in [3.63, 3.8) is 0 Å². The Bertz CT molecular complexity index is 3570. The first-order chi connectivity index (χ1) is 43.0. The first-order valence-electron chi connectivity index (χ1n) is 29.1. The van der Waals surface area contributed by atoms with Gasteiger partial charge in [0.2, 0.25) is 35.4 Å². The zero-order valence-corrected chi connectivity index (χ0v) is 48.4. The van der Waals surface area contributed by atoms with E-state index in [9.17, 15) is 46.7 Å². The average molecular weight is 1220 g/mol. The number of alkyl halides is 3. The molecule has 3 heterocycles. The van der Waals surface area contributed by atoms with Gasteiger partial charge in [0.25, 0.3) is 0 Å². The predicted octanol–water partition coefficient (Wildman–Crippen LogP) is 7.74. The summed E-state index contributed by atoms with van der Waals surface area (Å²) >= 11 is 0. The second kappa shape index (κ2) is 29.1.